The number of nitrogens with zero attached hydrogens (tertiary/aromatic N) is 4. The Morgan fingerprint density at radius 1 is 1.89 bits per heavy atom. The highest BCUT2D eigenvalue weighted by Gasteiger charge is 2.10. The van der Waals surface area contributed by atoms with Crippen LogP contribution in [0, 0.1) is 0 Å². The maximum atomic E-state index is 8.02. The van der Waals surface area contributed by atoms with Crippen molar-refractivity contribution in [1.29, 1.82) is 0 Å². The van der Waals surface area contributed by atoms with Crippen LogP contribution < -0.4 is 5.32 Å². The van der Waals surface area contributed by atoms with E-state index < -0.39 is 0 Å². The minimum atomic E-state index is 0.623. The Labute approximate surface area is 52.6 Å². The topological polar surface area (TPSA) is 63.8 Å². The summed E-state index contributed by atoms with van der Waals surface area (Å²) in [7, 11) is 1.88. The maximum Gasteiger partial charge on any atom is 0.280 e. The first kappa shape index (κ1) is 5.91. The fourth-order valence-corrected chi connectivity index (χ4v) is 0.730. The molecule has 1 heterocycles. The van der Waals surface area contributed by atoms with Gasteiger partial charge in [-0.05, 0) is 5.53 Å². The van der Waals surface area contributed by atoms with E-state index in [2.05, 4.69) is 15.3 Å². The Bertz CT molecular complexity index is 187. The average Bonchev–Trinajstić information content (AvgIpc) is 2.18. The van der Waals surface area contributed by atoms with Crippen LogP contribution in [0.25, 0.3) is 10.4 Å². The highest BCUT2D eigenvalue weighted by atomic mass is 15.3. The number of rotatable bonds is 0. The molecule has 5 nitrogen and oxygen atoms in total. The van der Waals surface area contributed by atoms with Gasteiger partial charge in [0.05, 0.1) is 20.1 Å². The highest BCUT2D eigenvalue weighted by Crippen LogP contribution is 1.84. The van der Waals surface area contributed by atoms with E-state index in [0.717, 1.165) is 13.1 Å². The molecule has 5 heteroatoms. The summed E-state index contributed by atoms with van der Waals surface area (Å²) in [5.41, 5.74) is 8.02. The molecule has 1 N–H and O–H groups in total. The van der Waals surface area contributed by atoms with Crippen molar-refractivity contribution in [2.45, 2.75) is 0 Å². The molecule has 1 aliphatic heterocycles. The van der Waals surface area contributed by atoms with Gasteiger partial charge in [-0.2, -0.15) is 0 Å². The van der Waals surface area contributed by atoms with Crippen LogP contribution >= 0.6 is 0 Å². The van der Waals surface area contributed by atoms with Crippen LogP contribution in [0.5, 0.6) is 0 Å². The van der Waals surface area contributed by atoms with Gasteiger partial charge < -0.3 is 5.32 Å². The predicted octanol–water partition coefficient (Wildman–Crippen LogP) is -0.102. The first-order valence-corrected chi connectivity index (χ1v) is 2.71. The van der Waals surface area contributed by atoms with E-state index in [9.17, 15) is 0 Å². The number of hydrogen-bond donors (Lipinski definition) is 1. The number of nitrogens with one attached hydrogen (secondary N) is 1. The normalized spacial score (nSPS) is 17.0. The van der Waals surface area contributed by atoms with Crippen LogP contribution in [-0.2, 0) is 0 Å². The van der Waals surface area contributed by atoms with Gasteiger partial charge in [-0.25, -0.2) is 0 Å². The maximum absolute atomic E-state index is 8.02. The first-order chi connectivity index (χ1) is 4.34. The summed E-state index contributed by atoms with van der Waals surface area (Å²) in [6.45, 7) is 1.78. The van der Waals surface area contributed by atoms with E-state index in [1.165, 1.54) is 0 Å². The molecular weight excluding hydrogens is 118 g/mol. The van der Waals surface area contributed by atoms with Crippen molar-refractivity contribution in [2.75, 3.05) is 20.1 Å². The zero-order valence-electron chi connectivity index (χ0n) is 5.20. The van der Waals surface area contributed by atoms with Crippen LogP contribution in [0.1, 0.15) is 0 Å². The zero-order valence-corrected chi connectivity index (χ0v) is 5.20. The van der Waals surface area contributed by atoms with Crippen molar-refractivity contribution in [2.24, 2.45) is 5.11 Å². The van der Waals surface area contributed by atoms with Crippen molar-refractivity contribution < 1.29 is 4.58 Å². The van der Waals surface area contributed by atoms with Gasteiger partial charge in [0.2, 0.25) is 0 Å². The summed E-state index contributed by atoms with van der Waals surface area (Å²) in [6.07, 6.45) is 0. The molecule has 0 atom stereocenters. The van der Waals surface area contributed by atoms with Crippen LogP contribution in [0.15, 0.2) is 5.11 Å². The van der Waals surface area contributed by atoms with Crippen molar-refractivity contribution in [3.05, 3.63) is 10.4 Å². The van der Waals surface area contributed by atoms with Crippen molar-refractivity contribution in [3.8, 4) is 0 Å². The number of guanidine groups is 1. The summed E-state index contributed by atoms with van der Waals surface area (Å²) in [4.78, 5) is 2.65. The molecule has 48 valence electrons. The number of hydrogen-bond acceptors (Lipinski definition) is 2. The molecule has 0 radical (unpaired) electrons. The first-order valence-electron chi connectivity index (χ1n) is 2.71. The lowest BCUT2D eigenvalue weighted by Gasteiger charge is -1.88. The third-order valence-electron chi connectivity index (χ3n) is 1.23. The monoisotopic (exact) mass is 126 g/mol. The third-order valence-corrected chi connectivity index (χ3v) is 1.23. The molecule has 9 heavy (non-hydrogen) atoms. The van der Waals surface area contributed by atoms with E-state index in [0.29, 0.717) is 5.96 Å². The van der Waals surface area contributed by atoms with Gasteiger partial charge >= 0.3 is 0 Å². The summed E-state index contributed by atoms with van der Waals surface area (Å²) in [5.74, 6) is 0.623. The van der Waals surface area contributed by atoms with Crippen LogP contribution in [-0.4, -0.2) is 30.7 Å². The molecule has 0 saturated heterocycles. The van der Waals surface area contributed by atoms with E-state index in [-0.39, 0.29) is 0 Å². The molecule has 0 fully saturated rings. The smallest absolute Gasteiger partial charge is 0.280 e. The summed E-state index contributed by atoms with van der Waals surface area (Å²) < 4.78 is 1.87. The fourth-order valence-electron chi connectivity index (χ4n) is 0.730. The van der Waals surface area contributed by atoms with Gasteiger partial charge in [-0.1, -0.05) is 0 Å². The number of likely N-dealkylation sites (N-methyl/N-ethyl adjacent to an activating group) is 1. The molecule has 0 aliphatic carbocycles. The van der Waals surface area contributed by atoms with Gasteiger partial charge in [0.25, 0.3) is 5.96 Å². The van der Waals surface area contributed by atoms with E-state index >= 15 is 0 Å². The van der Waals surface area contributed by atoms with Gasteiger partial charge in [0.15, 0.2) is 0 Å². The molecule has 0 bridgehead atoms. The summed E-state index contributed by atoms with van der Waals surface area (Å²) in [6, 6.07) is 0. The lowest BCUT2D eigenvalue weighted by Crippen LogP contribution is -2.17. The van der Waals surface area contributed by atoms with E-state index in [4.69, 9.17) is 5.53 Å². The second-order valence-electron chi connectivity index (χ2n) is 1.86. The van der Waals surface area contributed by atoms with Crippen LogP contribution in [0.2, 0.25) is 0 Å². The van der Waals surface area contributed by atoms with Crippen molar-refractivity contribution >= 4 is 5.96 Å². The Balaban J connectivity index is 2.77. The minimum absolute atomic E-state index is 0.623. The SMILES string of the molecule is C[N+]1=C(N=[N+]=[N-])NCC1. The molecule has 1 aliphatic rings. The molecule has 0 saturated carbocycles. The molecule has 0 spiro atoms. The standard InChI is InChI=1S/C4H7N5/c1-9-3-2-6-4(9)7-8-5/h2-3H2,1H3/p+1. The Kier molecular flexibility index (Phi) is 1.55. The van der Waals surface area contributed by atoms with E-state index in [1.54, 1.807) is 0 Å². The van der Waals surface area contributed by atoms with E-state index in [1.807, 2.05) is 11.6 Å². The van der Waals surface area contributed by atoms with Gasteiger partial charge in [0.1, 0.15) is 0 Å². The number of azide groups is 1. The highest BCUT2D eigenvalue weighted by molar-refractivity contribution is 5.76. The largest absolute Gasteiger partial charge is 0.301 e. The lowest BCUT2D eigenvalue weighted by molar-refractivity contribution is -0.487. The molecule has 0 aromatic rings. The third kappa shape index (κ3) is 1.12. The summed E-state index contributed by atoms with van der Waals surface area (Å²) in [5, 5.41) is 6.35. The minimum Gasteiger partial charge on any atom is -0.301 e. The second kappa shape index (κ2) is 2.37. The fraction of sp³-hybridized carbons (Fsp3) is 0.750. The van der Waals surface area contributed by atoms with Crippen molar-refractivity contribution in [1.82, 2.24) is 5.32 Å². The van der Waals surface area contributed by atoms with Crippen molar-refractivity contribution in [3.63, 3.8) is 0 Å². The predicted molar refractivity (Wildman–Crippen MR) is 33.2 cm³/mol. The molecule has 1 rings (SSSR count). The molecule has 0 aromatic carbocycles. The quantitative estimate of drug-likeness (QED) is 0.209. The average molecular weight is 126 g/mol. The second-order valence-corrected chi connectivity index (χ2v) is 1.86. The zero-order chi connectivity index (χ0) is 6.69. The van der Waals surface area contributed by atoms with Gasteiger partial charge in [-0.3, -0.25) is 4.58 Å². The van der Waals surface area contributed by atoms with Crippen LogP contribution in [0.3, 0.4) is 0 Å². The summed E-state index contributed by atoms with van der Waals surface area (Å²) >= 11 is 0. The Hall–Kier alpha value is -1.22. The molecule has 0 amide bonds. The molecular formula is C4H8N5+. The lowest BCUT2D eigenvalue weighted by atomic mass is 10.7. The van der Waals surface area contributed by atoms with Gasteiger partial charge in [0, 0.05) is 10.0 Å². The van der Waals surface area contributed by atoms with Crippen LogP contribution in [0.4, 0.5) is 0 Å². The molecule has 0 unspecified atom stereocenters. The Morgan fingerprint density at radius 3 is 3.11 bits per heavy atom. The van der Waals surface area contributed by atoms with Gasteiger partial charge in [-0.15, -0.1) is 0 Å². The Morgan fingerprint density at radius 2 is 2.67 bits per heavy atom. The molecule has 0 aromatic heterocycles.